The molecule has 182 valence electrons. The maximum absolute atomic E-state index is 13.3. The first-order valence-corrected chi connectivity index (χ1v) is 13.1. The quantitative estimate of drug-likeness (QED) is 0.481. The van der Waals surface area contributed by atoms with Crippen molar-refractivity contribution in [1.82, 2.24) is 14.7 Å². The average Bonchev–Trinajstić information content (AvgIpc) is 2.91. The van der Waals surface area contributed by atoms with Crippen molar-refractivity contribution >= 4 is 5.91 Å². The van der Waals surface area contributed by atoms with Gasteiger partial charge in [0, 0.05) is 44.8 Å². The molecule has 3 aromatic carbocycles. The molecule has 5 rings (SSSR count). The van der Waals surface area contributed by atoms with Crippen molar-refractivity contribution in [3.8, 4) is 0 Å². The van der Waals surface area contributed by atoms with Crippen LogP contribution in [-0.4, -0.2) is 59.9 Å². The van der Waals surface area contributed by atoms with Crippen LogP contribution in [0.5, 0.6) is 0 Å². The van der Waals surface area contributed by atoms with Crippen molar-refractivity contribution in [2.45, 2.75) is 32.4 Å². The summed E-state index contributed by atoms with van der Waals surface area (Å²) in [6, 6.07) is 30.0. The molecule has 2 aliphatic rings. The Morgan fingerprint density at radius 3 is 1.97 bits per heavy atom. The second-order valence-electron chi connectivity index (χ2n) is 10.2. The molecule has 0 aromatic heterocycles. The highest BCUT2D eigenvalue weighted by molar-refractivity contribution is 5.94. The number of piperidine rings is 1. The topological polar surface area (TPSA) is 26.8 Å². The van der Waals surface area contributed by atoms with E-state index in [4.69, 9.17) is 0 Å². The van der Waals surface area contributed by atoms with Crippen LogP contribution in [0, 0.1) is 5.92 Å². The van der Waals surface area contributed by atoms with Crippen LogP contribution in [0.15, 0.2) is 84.9 Å². The monoisotopic (exact) mass is 467 g/mol. The van der Waals surface area contributed by atoms with Crippen LogP contribution in [0.3, 0.4) is 0 Å². The van der Waals surface area contributed by atoms with Gasteiger partial charge >= 0.3 is 0 Å². The molecule has 0 radical (unpaired) electrons. The second-order valence-corrected chi connectivity index (χ2v) is 10.2. The highest BCUT2D eigenvalue weighted by atomic mass is 16.2. The normalized spacial score (nSPS) is 19.7. The highest BCUT2D eigenvalue weighted by Gasteiger charge is 2.28. The van der Waals surface area contributed by atoms with E-state index < -0.39 is 0 Å². The molecule has 4 heteroatoms. The molecule has 4 nitrogen and oxygen atoms in total. The summed E-state index contributed by atoms with van der Waals surface area (Å²) in [5.41, 5.74) is 4.71. The van der Waals surface area contributed by atoms with Crippen LogP contribution in [-0.2, 0) is 6.54 Å². The van der Waals surface area contributed by atoms with Gasteiger partial charge in [-0.2, -0.15) is 0 Å². The van der Waals surface area contributed by atoms with E-state index in [9.17, 15) is 4.79 Å². The number of benzene rings is 3. The molecule has 0 N–H and O–H groups in total. The summed E-state index contributed by atoms with van der Waals surface area (Å²) in [6.45, 7) is 8.93. The molecule has 2 saturated heterocycles. The molecule has 1 amide bonds. The van der Waals surface area contributed by atoms with Crippen LogP contribution < -0.4 is 0 Å². The molecule has 0 aliphatic carbocycles. The van der Waals surface area contributed by atoms with E-state index in [1.807, 2.05) is 17.0 Å². The van der Waals surface area contributed by atoms with Crippen molar-refractivity contribution in [2.24, 2.45) is 5.92 Å². The number of amides is 1. The molecule has 0 spiro atoms. The Morgan fingerprint density at radius 1 is 0.800 bits per heavy atom. The van der Waals surface area contributed by atoms with Crippen molar-refractivity contribution in [3.63, 3.8) is 0 Å². The van der Waals surface area contributed by atoms with E-state index in [2.05, 4.69) is 89.5 Å². The fourth-order valence-corrected chi connectivity index (χ4v) is 5.69. The maximum Gasteiger partial charge on any atom is 0.253 e. The smallest absolute Gasteiger partial charge is 0.253 e. The number of piperazine rings is 1. The van der Waals surface area contributed by atoms with Gasteiger partial charge in [-0.05, 0) is 54.1 Å². The number of hydrogen-bond acceptors (Lipinski definition) is 3. The van der Waals surface area contributed by atoms with E-state index in [-0.39, 0.29) is 11.9 Å². The van der Waals surface area contributed by atoms with Gasteiger partial charge in [0.05, 0.1) is 6.04 Å². The molecule has 3 aromatic rings. The highest BCUT2D eigenvalue weighted by Crippen LogP contribution is 2.29. The van der Waals surface area contributed by atoms with E-state index in [0.29, 0.717) is 0 Å². The Labute approximate surface area is 210 Å². The summed E-state index contributed by atoms with van der Waals surface area (Å²) < 4.78 is 0. The van der Waals surface area contributed by atoms with Crippen molar-refractivity contribution in [1.29, 1.82) is 0 Å². The van der Waals surface area contributed by atoms with E-state index in [1.165, 1.54) is 42.6 Å². The predicted octanol–water partition coefficient (Wildman–Crippen LogP) is 5.47. The van der Waals surface area contributed by atoms with Gasteiger partial charge in [-0.1, -0.05) is 79.7 Å². The second kappa shape index (κ2) is 11.2. The van der Waals surface area contributed by atoms with Gasteiger partial charge in [-0.25, -0.2) is 0 Å². The van der Waals surface area contributed by atoms with Crippen LogP contribution in [0.25, 0.3) is 0 Å². The van der Waals surface area contributed by atoms with Gasteiger partial charge in [0.15, 0.2) is 0 Å². The average molecular weight is 468 g/mol. The number of carbonyl (C=O) groups is 1. The standard InChI is InChI=1S/C31H37N3O/c1-25-9-8-18-32(23-25)24-26-14-16-29(17-15-26)31(35)34-21-19-33(20-22-34)30(27-10-4-2-5-11-27)28-12-6-3-7-13-28/h2-7,10-17,25,30H,8-9,18-24H2,1H3/t25-/m0/s1. The third-order valence-electron chi connectivity index (χ3n) is 7.55. The van der Waals surface area contributed by atoms with Crippen LogP contribution in [0.2, 0.25) is 0 Å². The van der Waals surface area contributed by atoms with E-state index in [1.54, 1.807) is 0 Å². The molecule has 0 bridgehead atoms. The largest absolute Gasteiger partial charge is 0.336 e. The van der Waals surface area contributed by atoms with Gasteiger partial charge < -0.3 is 4.90 Å². The zero-order chi connectivity index (χ0) is 24.0. The Bertz CT molecular complexity index is 1040. The number of rotatable bonds is 6. The molecule has 0 saturated carbocycles. The number of hydrogen-bond donors (Lipinski definition) is 0. The van der Waals surface area contributed by atoms with Crippen LogP contribution >= 0.6 is 0 Å². The fraction of sp³-hybridized carbons (Fsp3) is 0.387. The summed E-state index contributed by atoms with van der Waals surface area (Å²) in [5.74, 6) is 0.936. The van der Waals surface area contributed by atoms with Crippen molar-refractivity contribution in [2.75, 3.05) is 39.3 Å². The number of carbonyl (C=O) groups excluding carboxylic acids is 1. The summed E-state index contributed by atoms with van der Waals surface area (Å²) in [4.78, 5) is 20.3. The zero-order valence-electron chi connectivity index (χ0n) is 20.9. The lowest BCUT2D eigenvalue weighted by molar-refractivity contribution is 0.0597. The Hall–Kier alpha value is -2.95. The minimum atomic E-state index is 0.152. The number of nitrogens with zero attached hydrogens (tertiary/aromatic N) is 3. The maximum atomic E-state index is 13.3. The first-order valence-electron chi connectivity index (χ1n) is 13.1. The summed E-state index contributed by atoms with van der Waals surface area (Å²) in [5, 5.41) is 0. The van der Waals surface area contributed by atoms with E-state index in [0.717, 1.165) is 44.2 Å². The molecule has 2 fully saturated rings. The molecular weight excluding hydrogens is 430 g/mol. The van der Waals surface area contributed by atoms with Crippen molar-refractivity contribution in [3.05, 3.63) is 107 Å². The summed E-state index contributed by atoms with van der Waals surface area (Å²) in [7, 11) is 0. The van der Waals surface area contributed by atoms with Crippen LogP contribution in [0.4, 0.5) is 0 Å². The third kappa shape index (κ3) is 5.83. The Kier molecular flexibility index (Phi) is 7.60. The van der Waals surface area contributed by atoms with Crippen LogP contribution in [0.1, 0.15) is 52.9 Å². The third-order valence-corrected chi connectivity index (χ3v) is 7.55. The predicted molar refractivity (Wildman–Crippen MR) is 142 cm³/mol. The molecular formula is C31H37N3O. The molecule has 2 heterocycles. The minimum absolute atomic E-state index is 0.152. The van der Waals surface area contributed by atoms with Crippen molar-refractivity contribution < 1.29 is 4.79 Å². The Morgan fingerprint density at radius 2 is 1.40 bits per heavy atom. The first kappa shape index (κ1) is 23.8. The lowest BCUT2D eigenvalue weighted by Crippen LogP contribution is -2.49. The van der Waals surface area contributed by atoms with E-state index >= 15 is 0 Å². The summed E-state index contributed by atoms with van der Waals surface area (Å²) in [6.07, 6.45) is 2.63. The Balaban J connectivity index is 1.21. The summed E-state index contributed by atoms with van der Waals surface area (Å²) >= 11 is 0. The van der Waals surface area contributed by atoms with Gasteiger partial charge in [0.25, 0.3) is 5.91 Å². The fourth-order valence-electron chi connectivity index (χ4n) is 5.69. The first-order chi connectivity index (χ1) is 17.2. The van der Waals surface area contributed by atoms with Gasteiger partial charge in [0.1, 0.15) is 0 Å². The van der Waals surface area contributed by atoms with Gasteiger partial charge in [-0.15, -0.1) is 0 Å². The zero-order valence-corrected chi connectivity index (χ0v) is 20.9. The molecule has 1 atom stereocenters. The molecule has 0 unspecified atom stereocenters. The number of likely N-dealkylation sites (tertiary alicyclic amines) is 1. The van der Waals surface area contributed by atoms with Gasteiger partial charge in [0.2, 0.25) is 0 Å². The SMILES string of the molecule is C[C@H]1CCCN(Cc2ccc(C(=O)N3CCN(C(c4ccccc4)c4ccccc4)CC3)cc2)C1. The minimum Gasteiger partial charge on any atom is -0.336 e. The molecule has 2 aliphatic heterocycles. The van der Waals surface area contributed by atoms with Gasteiger partial charge in [-0.3, -0.25) is 14.6 Å². The lowest BCUT2D eigenvalue weighted by atomic mass is 9.96. The lowest BCUT2D eigenvalue weighted by Gasteiger charge is -2.39. The molecule has 35 heavy (non-hydrogen) atoms.